The number of aromatic nitrogens is 2. The largest absolute Gasteiger partial charge is 0.417 e. The number of thiophene rings is 1. The van der Waals surface area contributed by atoms with Gasteiger partial charge in [0.1, 0.15) is 10.7 Å². The Kier molecular flexibility index (Phi) is 5.58. The maximum Gasteiger partial charge on any atom is 0.417 e. The minimum Gasteiger partial charge on any atom is -0.335 e. The summed E-state index contributed by atoms with van der Waals surface area (Å²) in [6, 6.07) is 4.80. The molecule has 0 atom stereocenters. The van der Waals surface area contributed by atoms with Gasteiger partial charge in [-0.05, 0) is 44.4 Å². The Morgan fingerprint density at radius 2 is 1.59 bits per heavy atom. The zero-order valence-electron chi connectivity index (χ0n) is 18.8. The Morgan fingerprint density at radius 3 is 2.21 bits per heavy atom. The van der Waals surface area contributed by atoms with Gasteiger partial charge in [-0.3, -0.25) is 9.59 Å². The van der Waals surface area contributed by atoms with Crippen LogP contribution in [0, 0.1) is 13.8 Å². The summed E-state index contributed by atoms with van der Waals surface area (Å²) >= 11 is 1.36. The van der Waals surface area contributed by atoms with Crippen LogP contribution >= 0.6 is 11.3 Å². The predicted octanol–water partition coefficient (Wildman–Crippen LogP) is 4.80. The van der Waals surface area contributed by atoms with Crippen molar-refractivity contribution in [1.29, 1.82) is 0 Å². The fourth-order valence-corrected chi connectivity index (χ4v) is 5.64. The molecule has 1 aliphatic heterocycles. The molecule has 1 aliphatic carbocycles. The number of piperazine rings is 1. The summed E-state index contributed by atoms with van der Waals surface area (Å²) in [5.41, 5.74) is 0.415. The number of rotatable bonds is 3. The van der Waals surface area contributed by atoms with Crippen molar-refractivity contribution < 1.29 is 22.8 Å². The van der Waals surface area contributed by atoms with Crippen LogP contribution in [0.2, 0.25) is 0 Å². The minimum absolute atomic E-state index is 0.143. The Bertz CT molecular complexity index is 1290. The lowest BCUT2D eigenvalue weighted by molar-refractivity contribution is -0.138. The Morgan fingerprint density at radius 1 is 0.971 bits per heavy atom. The maximum absolute atomic E-state index is 13.3. The first-order valence-corrected chi connectivity index (χ1v) is 12.0. The molecule has 1 saturated heterocycles. The highest BCUT2D eigenvalue weighted by molar-refractivity contribution is 7.20. The molecule has 2 aromatic heterocycles. The predicted molar refractivity (Wildman–Crippen MR) is 122 cm³/mol. The molecule has 0 bridgehead atoms. The van der Waals surface area contributed by atoms with Crippen LogP contribution in [0.15, 0.2) is 24.3 Å². The number of fused-ring (bicyclic) bond motifs is 1. The first-order chi connectivity index (χ1) is 16.1. The molecule has 1 saturated carbocycles. The van der Waals surface area contributed by atoms with Crippen molar-refractivity contribution in [3.63, 3.8) is 0 Å². The number of hydrogen-bond acceptors (Lipinski definition) is 5. The third-order valence-corrected chi connectivity index (χ3v) is 7.62. The van der Waals surface area contributed by atoms with Crippen molar-refractivity contribution >= 4 is 33.4 Å². The van der Waals surface area contributed by atoms with E-state index in [0.29, 0.717) is 10.8 Å². The Balaban J connectivity index is 1.32. The van der Waals surface area contributed by atoms with Crippen LogP contribution in [0.1, 0.15) is 61.4 Å². The summed E-state index contributed by atoms with van der Waals surface area (Å²) in [7, 11) is 0. The molecule has 0 radical (unpaired) electrons. The van der Waals surface area contributed by atoms with Crippen molar-refractivity contribution in [3.05, 3.63) is 57.4 Å². The van der Waals surface area contributed by atoms with Crippen LogP contribution in [0.4, 0.5) is 13.2 Å². The van der Waals surface area contributed by atoms with Crippen molar-refractivity contribution in [2.75, 3.05) is 26.2 Å². The average molecular weight is 489 g/mol. The van der Waals surface area contributed by atoms with E-state index in [1.54, 1.807) is 4.90 Å². The molecule has 10 heteroatoms. The summed E-state index contributed by atoms with van der Waals surface area (Å²) in [5.74, 6) is 0.446. The van der Waals surface area contributed by atoms with Gasteiger partial charge < -0.3 is 9.80 Å². The van der Waals surface area contributed by atoms with E-state index in [2.05, 4.69) is 4.98 Å². The van der Waals surface area contributed by atoms with E-state index in [1.807, 2.05) is 13.8 Å². The zero-order chi connectivity index (χ0) is 24.2. The molecule has 2 fully saturated rings. The number of carbonyl (C=O) groups is 2. The molecular weight excluding hydrogens is 465 g/mol. The van der Waals surface area contributed by atoms with Gasteiger partial charge in [0, 0.05) is 37.5 Å². The molecule has 6 nitrogen and oxygen atoms in total. The fraction of sp³-hybridized carbons (Fsp3) is 0.417. The van der Waals surface area contributed by atoms with E-state index in [-0.39, 0.29) is 37.6 Å². The molecule has 0 spiro atoms. The highest BCUT2D eigenvalue weighted by atomic mass is 32.1. The number of benzene rings is 1. The van der Waals surface area contributed by atoms with Crippen LogP contribution in [-0.4, -0.2) is 57.8 Å². The van der Waals surface area contributed by atoms with E-state index in [0.717, 1.165) is 46.2 Å². The first-order valence-electron chi connectivity index (χ1n) is 11.2. The molecular formula is C24H23F3N4O2S. The van der Waals surface area contributed by atoms with Crippen LogP contribution in [-0.2, 0) is 6.18 Å². The van der Waals surface area contributed by atoms with Gasteiger partial charge in [-0.25, -0.2) is 9.97 Å². The molecule has 5 rings (SSSR count). The van der Waals surface area contributed by atoms with E-state index >= 15 is 0 Å². The van der Waals surface area contributed by atoms with E-state index in [9.17, 15) is 22.8 Å². The normalized spacial score (nSPS) is 16.9. The molecule has 0 N–H and O–H groups in total. The van der Waals surface area contributed by atoms with Crippen LogP contribution in [0.5, 0.6) is 0 Å². The lowest BCUT2D eigenvalue weighted by Crippen LogP contribution is -2.50. The van der Waals surface area contributed by atoms with Crippen LogP contribution in [0.3, 0.4) is 0 Å². The molecule has 2 amide bonds. The topological polar surface area (TPSA) is 66.4 Å². The summed E-state index contributed by atoms with van der Waals surface area (Å²) in [5, 5.41) is 0.912. The fourth-order valence-electron chi connectivity index (χ4n) is 4.43. The molecule has 1 aromatic carbocycles. The number of amides is 2. The van der Waals surface area contributed by atoms with Gasteiger partial charge in [0.15, 0.2) is 0 Å². The van der Waals surface area contributed by atoms with Crippen LogP contribution < -0.4 is 0 Å². The summed E-state index contributed by atoms with van der Waals surface area (Å²) < 4.78 is 40.0. The number of aryl methyl sites for hydroxylation is 2. The quantitative estimate of drug-likeness (QED) is 0.531. The van der Waals surface area contributed by atoms with Crippen LogP contribution in [0.25, 0.3) is 10.2 Å². The van der Waals surface area contributed by atoms with E-state index < -0.39 is 17.6 Å². The smallest absolute Gasteiger partial charge is 0.335 e. The number of hydrogen-bond donors (Lipinski definition) is 0. The lowest BCUT2D eigenvalue weighted by atomic mass is 10.1. The van der Waals surface area contributed by atoms with Gasteiger partial charge in [0.25, 0.3) is 11.8 Å². The highest BCUT2D eigenvalue weighted by Gasteiger charge is 2.37. The second kappa shape index (κ2) is 8.33. The third kappa shape index (κ3) is 4.04. The van der Waals surface area contributed by atoms with Gasteiger partial charge in [-0.2, -0.15) is 13.2 Å². The summed E-state index contributed by atoms with van der Waals surface area (Å²) in [6.45, 7) is 4.69. The highest BCUT2D eigenvalue weighted by Crippen LogP contribution is 2.40. The standard InChI is InChI=1S/C24H23F3N4O2S/c1-13-18-14(2)28-20(15-7-8-15)29-21(18)34-19(13)23(33)31-11-9-30(10-12-31)22(32)16-5-3-4-6-17(16)24(25,26)27/h3-6,15H,7-12H2,1-2H3. The number of nitrogens with zero attached hydrogens (tertiary/aromatic N) is 4. The van der Waals surface area contributed by atoms with Gasteiger partial charge >= 0.3 is 6.18 Å². The second-order valence-corrected chi connectivity index (χ2v) is 9.80. The average Bonchev–Trinajstić information content (AvgIpc) is 3.61. The monoisotopic (exact) mass is 488 g/mol. The van der Waals surface area contributed by atoms with Crippen molar-refractivity contribution in [2.24, 2.45) is 0 Å². The third-order valence-electron chi connectivity index (χ3n) is 6.44. The molecule has 2 aliphatic rings. The van der Waals surface area contributed by atoms with Gasteiger partial charge in [0.2, 0.25) is 0 Å². The molecule has 34 heavy (non-hydrogen) atoms. The summed E-state index contributed by atoms with van der Waals surface area (Å²) in [6.07, 6.45) is -2.42. The number of alkyl halides is 3. The number of carbonyl (C=O) groups excluding carboxylic acids is 2. The second-order valence-electron chi connectivity index (χ2n) is 8.81. The SMILES string of the molecule is Cc1nc(C2CC2)nc2sc(C(=O)N3CCN(C(=O)c4ccccc4C(F)(F)F)CC3)c(C)c12. The van der Waals surface area contributed by atoms with Gasteiger partial charge in [-0.15, -0.1) is 11.3 Å². The van der Waals surface area contributed by atoms with Crippen molar-refractivity contribution in [2.45, 2.75) is 38.8 Å². The number of halogens is 3. The van der Waals surface area contributed by atoms with Crippen molar-refractivity contribution in [1.82, 2.24) is 19.8 Å². The minimum atomic E-state index is -4.61. The maximum atomic E-state index is 13.3. The van der Waals surface area contributed by atoms with E-state index in [4.69, 9.17) is 4.98 Å². The first kappa shape index (κ1) is 22.8. The molecule has 3 heterocycles. The van der Waals surface area contributed by atoms with Gasteiger partial charge in [0.05, 0.1) is 21.7 Å². The Hall–Kier alpha value is -3.01. The zero-order valence-corrected chi connectivity index (χ0v) is 19.6. The molecule has 178 valence electrons. The molecule has 3 aromatic rings. The Labute approximate surface area is 198 Å². The molecule has 0 unspecified atom stereocenters. The van der Waals surface area contributed by atoms with E-state index in [1.165, 1.54) is 34.4 Å². The van der Waals surface area contributed by atoms with Gasteiger partial charge in [-0.1, -0.05) is 12.1 Å². The summed E-state index contributed by atoms with van der Waals surface area (Å²) in [4.78, 5) is 39.9. The lowest BCUT2D eigenvalue weighted by Gasteiger charge is -2.35. The van der Waals surface area contributed by atoms with Crippen molar-refractivity contribution in [3.8, 4) is 0 Å².